The highest BCUT2D eigenvalue weighted by Gasteiger charge is 2.22. The minimum absolute atomic E-state index is 0.453. The zero-order valence-electron chi connectivity index (χ0n) is 12.4. The first kappa shape index (κ1) is 14.9. The van der Waals surface area contributed by atoms with Crippen LogP contribution in [0, 0.1) is 5.92 Å². The van der Waals surface area contributed by atoms with Crippen LogP contribution in [0.15, 0.2) is 6.20 Å². The molecular weight excluding hydrogens is 254 g/mol. The maximum Gasteiger partial charge on any atom is 0.0930 e. The molecule has 0 bridgehead atoms. The van der Waals surface area contributed by atoms with E-state index in [1.165, 1.54) is 35.8 Å². The number of rotatable bonds is 5. The lowest BCUT2D eigenvalue weighted by Crippen LogP contribution is -2.38. The molecule has 2 heterocycles. The minimum Gasteiger partial charge on any atom is -0.330 e. The molecule has 1 atom stereocenters. The van der Waals surface area contributed by atoms with Gasteiger partial charge in [0.05, 0.1) is 5.01 Å². The van der Waals surface area contributed by atoms with Gasteiger partial charge in [-0.1, -0.05) is 6.92 Å². The van der Waals surface area contributed by atoms with Gasteiger partial charge in [0.15, 0.2) is 0 Å². The van der Waals surface area contributed by atoms with Gasteiger partial charge >= 0.3 is 0 Å². The van der Waals surface area contributed by atoms with Crippen molar-refractivity contribution in [3.05, 3.63) is 16.1 Å². The molecule has 1 aliphatic rings. The minimum atomic E-state index is 0.453. The molecule has 0 aromatic carbocycles. The highest BCUT2D eigenvalue weighted by atomic mass is 32.1. The van der Waals surface area contributed by atoms with Crippen molar-refractivity contribution in [1.29, 1.82) is 0 Å². The summed E-state index contributed by atoms with van der Waals surface area (Å²) in [6.07, 6.45) is 5.83. The highest BCUT2D eigenvalue weighted by Crippen LogP contribution is 2.27. The zero-order chi connectivity index (χ0) is 13.8. The van der Waals surface area contributed by atoms with E-state index in [1.54, 1.807) is 0 Å². The third kappa shape index (κ3) is 4.01. The third-order valence-corrected chi connectivity index (χ3v) is 5.50. The second-order valence-electron chi connectivity index (χ2n) is 6.07. The van der Waals surface area contributed by atoms with Crippen LogP contribution in [0.5, 0.6) is 0 Å². The Morgan fingerprint density at radius 2 is 2.05 bits per heavy atom. The molecule has 1 saturated heterocycles. The summed E-state index contributed by atoms with van der Waals surface area (Å²) in [4.78, 5) is 8.51. The maximum absolute atomic E-state index is 5.71. The van der Waals surface area contributed by atoms with Crippen LogP contribution in [0.25, 0.3) is 0 Å². The fraction of sp³-hybridized carbons (Fsp3) is 0.800. The topological polar surface area (TPSA) is 42.1 Å². The van der Waals surface area contributed by atoms with Crippen LogP contribution in [-0.2, 0) is 6.42 Å². The van der Waals surface area contributed by atoms with Gasteiger partial charge in [-0.2, -0.15) is 0 Å². The Bertz CT molecular complexity index is 380. The summed E-state index contributed by atoms with van der Waals surface area (Å²) in [6.45, 7) is 9.98. The second-order valence-corrected chi connectivity index (χ2v) is 7.22. The quantitative estimate of drug-likeness (QED) is 0.902. The molecule has 3 nitrogen and oxygen atoms in total. The van der Waals surface area contributed by atoms with E-state index in [4.69, 9.17) is 5.73 Å². The van der Waals surface area contributed by atoms with Gasteiger partial charge in [0.25, 0.3) is 0 Å². The van der Waals surface area contributed by atoms with E-state index in [-0.39, 0.29) is 0 Å². The molecule has 1 fully saturated rings. The number of thiazole rings is 1. The zero-order valence-corrected chi connectivity index (χ0v) is 13.2. The molecule has 1 unspecified atom stereocenters. The van der Waals surface area contributed by atoms with E-state index in [2.05, 4.69) is 30.7 Å². The summed E-state index contributed by atoms with van der Waals surface area (Å²) in [5, 5.41) is 1.30. The lowest BCUT2D eigenvalue weighted by Gasteiger charge is -2.34. The predicted octanol–water partition coefficient (Wildman–Crippen LogP) is 2.87. The highest BCUT2D eigenvalue weighted by molar-refractivity contribution is 7.11. The molecule has 1 aliphatic heterocycles. The molecular formula is C15H27N3S. The van der Waals surface area contributed by atoms with Crippen molar-refractivity contribution in [1.82, 2.24) is 9.88 Å². The Hall–Kier alpha value is -0.450. The Morgan fingerprint density at radius 3 is 2.63 bits per heavy atom. The first-order valence-corrected chi connectivity index (χ1v) is 8.30. The number of hydrogen-bond donors (Lipinski definition) is 1. The Kier molecular flexibility index (Phi) is 5.37. The molecule has 0 amide bonds. The van der Waals surface area contributed by atoms with Crippen LogP contribution in [0.3, 0.4) is 0 Å². The summed E-state index contributed by atoms with van der Waals surface area (Å²) in [5.41, 5.74) is 5.71. The van der Waals surface area contributed by atoms with Gasteiger partial charge in [0, 0.05) is 29.5 Å². The van der Waals surface area contributed by atoms with Gasteiger partial charge in [-0.15, -0.1) is 11.3 Å². The SMILES string of the molecule is CC(CN)c1cnc(CC2CCN(C(C)C)CC2)s1. The fourth-order valence-corrected chi connectivity index (χ4v) is 3.78. The van der Waals surface area contributed by atoms with Crippen LogP contribution < -0.4 is 5.73 Å². The van der Waals surface area contributed by atoms with Crippen molar-refractivity contribution >= 4 is 11.3 Å². The third-order valence-electron chi connectivity index (χ3n) is 4.25. The lowest BCUT2D eigenvalue weighted by atomic mass is 9.93. The van der Waals surface area contributed by atoms with Crippen LogP contribution in [0.4, 0.5) is 0 Å². The molecule has 0 saturated carbocycles. The number of likely N-dealkylation sites (tertiary alicyclic amines) is 1. The summed E-state index contributed by atoms with van der Waals surface area (Å²) >= 11 is 1.86. The molecule has 1 aromatic heterocycles. The Morgan fingerprint density at radius 1 is 1.37 bits per heavy atom. The van der Waals surface area contributed by atoms with Crippen LogP contribution in [0.1, 0.15) is 49.4 Å². The summed E-state index contributed by atoms with van der Waals surface area (Å²) < 4.78 is 0. The van der Waals surface area contributed by atoms with E-state index < -0.39 is 0 Å². The maximum atomic E-state index is 5.71. The lowest BCUT2D eigenvalue weighted by molar-refractivity contribution is 0.149. The van der Waals surface area contributed by atoms with Crippen molar-refractivity contribution in [2.24, 2.45) is 11.7 Å². The predicted molar refractivity (Wildman–Crippen MR) is 82.7 cm³/mol. The van der Waals surface area contributed by atoms with Crippen LogP contribution in [0.2, 0.25) is 0 Å². The summed E-state index contributed by atoms with van der Waals surface area (Å²) in [6, 6.07) is 0.692. The number of nitrogens with two attached hydrogens (primary N) is 1. The first-order chi connectivity index (χ1) is 9.10. The number of piperidine rings is 1. The molecule has 1 aromatic rings. The van der Waals surface area contributed by atoms with Crippen LogP contribution >= 0.6 is 11.3 Å². The average Bonchev–Trinajstić information content (AvgIpc) is 2.87. The van der Waals surface area contributed by atoms with Gasteiger partial charge in [-0.3, -0.25) is 0 Å². The second kappa shape index (κ2) is 6.82. The monoisotopic (exact) mass is 281 g/mol. The van der Waals surface area contributed by atoms with E-state index in [1.807, 2.05) is 17.5 Å². The van der Waals surface area contributed by atoms with Crippen LogP contribution in [-0.4, -0.2) is 35.6 Å². The van der Waals surface area contributed by atoms with Gasteiger partial charge in [-0.25, -0.2) is 4.98 Å². The molecule has 4 heteroatoms. The van der Waals surface area contributed by atoms with Crippen molar-refractivity contribution in [2.45, 2.75) is 52.0 Å². The van der Waals surface area contributed by atoms with Gasteiger partial charge in [-0.05, 0) is 52.2 Å². The molecule has 0 spiro atoms. The fourth-order valence-electron chi connectivity index (χ4n) is 2.68. The smallest absolute Gasteiger partial charge is 0.0930 e. The number of aromatic nitrogens is 1. The van der Waals surface area contributed by atoms with Crippen molar-refractivity contribution in [3.8, 4) is 0 Å². The van der Waals surface area contributed by atoms with Crippen molar-refractivity contribution < 1.29 is 0 Å². The van der Waals surface area contributed by atoms with E-state index in [0.717, 1.165) is 12.3 Å². The van der Waals surface area contributed by atoms with Gasteiger partial charge < -0.3 is 10.6 Å². The molecule has 2 N–H and O–H groups in total. The molecule has 2 rings (SSSR count). The van der Waals surface area contributed by atoms with E-state index in [0.29, 0.717) is 18.5 Å². The normalized spacial score (nSPS) is 20.1. The van der Waals surface area contributed by atoms with E-state index in [9.17, 15) is 0 Å². The standard InChI is InChI=1S/C15H27N3S/c1-11(2)18-6-4-13(5-7-18)8-15-17-10-14(19-15)12(3)9-16/h10-13H,4-9,16H2,1-3H3. The molecule has 0 aliphatic carbocycles. The molecule has 0 radical (unpaired) electrons. The number of nitrogens with zero attached hydrogens (tertiary/aromatic N) is 2. The van der Waals surface area contributed by atoms with Crippen molar-refractivity contribution in [3.63, 3.8) is 0 Å². The largest absolute Gasteiger partial charge is 0.330 e. The molecule has 108 valence electrons. The summed E-state index contributed by atoms with van der Waals surface area (Å²) in [5.74, 6) is 1.27. The van der Waals surface area contributed by atoms with Gasteiger partial charge in [0.2, 0.25) is 0 Å². The number of hydrogen-bond acceptors (Lipinski definition) is 4. The Balaban J connectivity index is 1.84. The van der Waals surface area contributed by atoms with Crippen molar-refractivity contribution in [2.75, 3.05) is 19.6 Å². The molecule has 19 heavy (non-hydrogen) atoms. The summed E-state index contributed by atoms with van der Waals surface area (Å²) in [7, 11) is 0. The average molecular weight is 281 g/mol. The Labute approximate surface area is 121 Å². The van der Waals surface area contributed by atoms with E-state index >= 15 is 0 Å². The first-order valence-electron chi connectivity index (χ1n) is 7.48. The van der Waals surface area contributed by atoms with Gasteiger partial charge in [0.1, 0.15) is 0 Å².